The lowest BCUT2D eigenvalue weighted by molar-refractivity contribution is -0.115. The molecule has 3 N–H and O–H groups in total. The van der Waals surface area contributed by atoms with E-state index in [1.54, 1.807) is 32.0 Å². The van der Waals surface area contributed by atoms with E-state index < -0.39 is 12.1 Å². The van der Waals surface area contributed by atoms with Crippen molar-refractivity contribution in [3.63, 3.8) is 0 Å². The van der Waals surface area contributed by atoms with Crippen molar-refractivity contribution in [1.29, 1.82) is 0 Å². The van der Waals surface area contributed by atoms with Gasteiger partial charge in [-0.2, -0.15) is 11.3 Å². The third kappa shape index (κ3) is 7.84. The molecule has 1 aromatic carbocycles. The Morgan fingerprint density at radius 1 is 1.21 bits per heavy atom. The molecule has 0 saturated carbocycles. The number of carbonyl (C=O) groups is 2. The summed E-state index contributed by atoms with van der Waals surface area (Å²) in [6, 6.07) is 6.81. The quantitative estimate of drug-likeness (QED) is 0.484. The molecule has 158 valence electrons. The fourth-order valence-electron chi connectivity index (χ4n) is 2.62. The maximum Gasteiger partial charge on any atom is 0.341 e. The SMILES string of the molecule is CCOC(=O)c1cc(NC(=O)Cc2ccsc2)ccc1OC(C)CNCC(C)O. The average Bonchev–Trinajstić information content (AvgIpc) is 3.15. The summed E-state index contributed by atoms with van der Waals surface area (Å²) in [5, 5.41) is 19.1. The molecule has 0 fully saturated rings. The third-order valence-corrected chi connectivity index (χ3v) is 4.64. The van der Waals surface area contributed by atoms with E-state index in [9.17, 15) is 14.7 Å². The Labute approximate surface area is 175 Å². The molecule has 0 aliphatic heterocycles. The lowest BCUT2D eigenvalue weighted by atomic mass is 10.1. The van der Waals surface area contributed by atoms with Crippen LogP contribution in [-0.2, 0) is 16.0 Å². The summed E-state index contributed by atoms with van der Waals surface area (Å²) in [5.41, 5.74) is 1.69. The van der Waals surface area contributed by atoms with Crippen molar-refractivity contribution in [2.24, 2.45) is 0 Å². The number of benzene rings is 1. The number of amides is 1. The van der Waals surface area contributed by atoms with E-state index in [-0.39, 0.29) is 30.6 Å². The lowest BCUT2D eigenvalue weighted by Crippen LogP contribution is -2.33. The highest BCUT2D eigenvalue weighted by Gasteiger charge is 2.18. The van der Waals surface area contributed by atoms with E-state index in [1.165, 1.54) is 11.3 Å². The summed E-state index contributed by atoms with van der Waals surface area (Å²) in [7, 11) is 0. The van der Waals surface area contributed by atoms with Gasteiger partial charge < -0.3 is 25.2 Å². The van der Waals surface area contributed by atoms with Crippen molar-refractivity contribution >= 4 is 28.9 Å². The summed E-state index contributed by atoms with van der Waals surface area (Å²) in [6.45, 7) is 6.48. The Kier molecular flexibility index (Phi) is 9.11. The topological polar surface area (TPSA) is 96.9 Å². The lowest BCUT2D eigenvalue weighted by Gasteiger charge is -2.19. The second-order valence-corrected chi connectivity index (χ2v) is 7.50. The molecule has 0 bridgehead atoms. The molecule has 1 aromatic heterocycles. The van der Waals surface area contributed by atoms with Crippen LogP contribution in [0.3, 0.4) is 0 Å². The van der Waals surface area contributed by atoms with Crippen molar-refractivity contribution < 1.29 is 24.2 Å². The first-order valence-corrected chi connectivity index (χ1v) is 10.5. The minimum atomic E-state index is -0.513. The molecule has 0 aliphatic carbocycles. The molecule has 2 aromatic rings. The van der Waals surface area contributed by atoms with E-state index in [4.69, 9.17) is 9.47 Å². The van der Waals surface area contributed by atoms with Crippen LogP contribution in [0.4, 0.5) is 5.69 Å². The van der Waals surface area contributed by atoms with Gasteiger partial charge in [-0.15, -0.1) is 0 Å². The number of hydrogen-bond acceptors (Lipinski definition) is 7. The minimum Gasteiger partial charge on any atom is -0.488 e. The largest absolute Gasteiger partial charge is 0.488 e. The average molecular weight is 421 g/mol. The van der Waals surface area contributed by atoms with Gasteiger partial charge in [-0.3, -0.25) is 4.79 Å². The Bertz CT molecular complexity index is 792. The first-order chi connectivity index (χ1) is 13.9. The van der Waals surface area contributed by atoms with Gasteiger partial charge in [-0.1, -0.05) is 0 Å². The second kappa shape index (κ2) is 11.5. The molecule has 7 nitrogen and oxygen atoms in total. The summed E-state index contributed by atoms with van der Waals surface area (Å²) in [6.07, 6.45) is -0.419. The third-order valence-electron chi connectivity index (χ3n) is 3.90. The molecule has 0 aliphatic rings. The van der Waals surface area contributed by atoms with E-state index in [1.807, 2.05) is 23.8 Å². The van der Waals surface area contributed by atoms with Crippen molar-refractivity contribution in [2.75, 3.05) is 25.0 Å². The number of carbonyl (C=O) groups excluding carboxylic acids is 2. The summed E-state index contributed by atoms with van der Waals surface area (Å²) in [5.74, 6) is -0.297. The Morgan fingerprint density at radius 3 is 2.66 bits per heavy atom. The summed E-state index contributed by atoms with van der Waals surface area (Å²) in [4.78, 5) is 24.6. The molecule has 2 rings (SSSR count). The smallest absolute Gasteiger partial charge is 0.341 e. The van der Waals surface area contributed by atoms with Gasteiger partial charge in [0.2, 0.25) is 5.91 Å². The first kappa shape index (κ1) is 22.9. The zero-order chi connectivity index (χ0) is 21.2. The highest BCUT2D eigenvalue weighted by molar-refractivity contribution is 7.08. The van der Waals surface area contributed by atoms with Crippen LogP contribution in [0, 0.1) is 0 Å². The maximum atomic E-state index is 12.4. The number of nitrogens with one attached hydrogen (secondary N) is 2. The highest BCUT2D eigenvalue weighted by Crippen LogP contribution is 2.25. The second-order valence-electron chi connectivity index (χ2n) is 6.72. The zero-order valence-corrected chi connectivity index (χ0v) is 17.8. The van der Waals surface area contributed by atoms with Gasteiger partial charge >= 0.3 is 5.97 Å². The molecule has 1 amide bonds. The van der Waals surface area contributed by atoms with E-state index in [0.29, 0.717) is 24.5 Å². The number of rotatable bonds is 11. The van der Waals surface area contributed by atoms with Crippen LogP contribution in [0.25, 0.3) is 0 Å². The Balaban J connectivity index is 2.08. The van der Waals surface area contributed by atoms with Crippen LogP contribution >= 0.6 is 11.3 Å². The van der Waals surface area contributed by atoms with Crippen molar-refractivity contribution in [3.05, 3.63) is 46.2 Å². The summed E-state index contributed by atoms with van der Waals surface area (Å²) >= 11 is 1.54. The number of hydrogen-bond donors (Lipinski definition) is 3. The van der Waals surface area contributed by atoms with E-state index in [0.717, 1.165) is 5.56 Å². The number of thiophene rings is 1. The van der Waals surface area contributed by atoms with Gasteiger partial charge in [-0.25, -0.2) is 4.79 Å². The van der Waals surface area contributed by atoms with Gasteiger partial charge in [0.25, 0.3) is 0 Å². The summed E-state index contributed by atoms with van der Waals surface area (Å²) < 4.78 is 11.0. The molecule has 29 heavy (non-hydrogen) atoms. The van der Waals surface area contributed by atoms with Gasteiger partial charge in [0.1, 0.15) is 17.4 Å². The molecular weight excluding hydrogens is 392 g/mol. The molecule has 0 spiro atoms. The van der Waals surface area contributed by atoms with E-state index in [2.05, 4.69) is 10.6 Å². The number of ether oxygens (including phenoxy) is 2. The van der Waals surface area contributed by atoms with Crippen LogP contribution in [0.15, 0.2) is 35.0 Å². The van der Waals surface area contributed by atoms with Crippen LogP contribution in [0.5, 0.6) is 5.75 Å². The number of aliphatic hydroxyl groups excluding tert-OH is 1. The number of anilines is 1. The predicted octanol–water partition coefficient (Wildman–Crippen LogP) is 2.84. The monoisotopic (exact) mass is 420 g/mol. The molecule has 2 unspecified atom stereocenters. The molecular formula is C21H28N2O5S. The Hall–Kier alpha value is -2.42. The van der Waals surface area contributed by atoms with E-state index >= 15 is 0 Å². The van der Waals surface area contributed by atoms with Crippen LogP contribution in [0.1, 0.15) is 36.7 Å². The van der Waals surface area contributed by atoms with Gasteiger partial charge in [0, 0.05) is 18.8 Å². The first-order valence-electron chi connectivity index (χ1n) is 9.56. The highest BCUT2D eigenvalue weighted by atomic mass is 32.1. The van der Waals surface area contributed by atoms with Crippen LogP contribution < -0.4 is 15.4 Å². The number of esters is 1. The fraction of sp³-hybridized carbons (Fsp3) is 0.429. The molecule has 1 heterocycles. The van der Waals surface area contributed by atoms with Crippen molar-refractivity contribution in [1.82, 2.24) is 5.32 Å². The van der Waals surface area contributed by atoms with Crippen molar-refractivity contribution in [2.45, 2.75) is 39.4 Å². The zero-order valence-electron chi connectivity index (χ0n) is 16.9. The molecule has 0 saturated heterocycles. The molecule has 0 radical (unpaired) electrons. The Morgan fingerprint density at radius 2 is 2.00 bits per heavy atom. The van der Waals surface area contributed by atoms with Gasteiger partial charge in [0.15, 0.2) is 0 Å². The van der Waals surface area contributed by atoms with Gasteiger partial charge in [-0.05, 0) is 61.4 Å². The standard InChI is InChI=1S/C21H28N2O5S/c1-4-27-21(26)18-10-17(23-20(25)9-16-7-8-29-13-16)5-6-19(18)28-15(3)12-22-11-14(2)24/h5-8,10,13-15,22,24H,4,9,11-12H2,1-3H3,(H,23,25). The van der Waals surface area contributed by atoms with Gasteiger partial charge in [0.05, 0.1) is 19.1 Å². The maximum absolute atomic E-state index is 12.4. The van der Waals surface area contributed by atoms with Crippen molar-refractivity contribution in [3.8, 4) is 5.75 Å². The normalized spacial score (nSPS) is 12.8. The minimum absolute atomic E-state index is 0.164. The predicted molar refractivity (Wildman–Crippen MR) is 114 cm³/mol. The molecule has 8 heteroatoms. The fourth-order valence-corrected chi connectivity index (χ4v) is 3.29. The molecule has 2 atom stereocenters. The van der Waals surface area contributed by atoms with Crippen LogP contribution in [0.2, 0.25) is 0 Å². The van der Waals surface area contributed by atoms with Crippen LogP contribution in [-0.4, -0.2) is 48.9 Å². The number of aliphatic hydroxyl groups is 1.